The van der Waals surface area contributed by atoms with Crippen LogP contribution in [0.5, 0.6) is 0 Å². The molecular weight excluding hydrogens is 172 g/mol. The third kappa shape index (κ3) is 3.19. The maximum absolute atomic E-state index is 9.99. The van der Waals surface area contributed by atoms with Crippen LogP contribution in [0.15, 0.2) is 36.5 Å². The molecule has 0 atom stereocenters. The average Bonchev–Trinajstić information content (AvgIpc) is 2.04. The molecule has 0 amide bonds. The normalized spacial score (nSPS) is 10.9. The topological polar surface area (TPSA) is 94.1 Å². The van der Waals surface area contributed by atoms with Gasteiger partial charge in [0.25, 0.3) is 6.20 Å². The Labute approximate surface area is 74.2 Å². The summed E-state index contributed by atoms with van der Waals surface area (Å²) in [6.07, 6.45) is 3.80. The number of hydrogen-bond acceptors (Lipinski definition) is 5. The van der Waals surface area contributed by atoms with Crippen molar-refractivity contribution in [3.8, 4) is 0 Å². The zero-order valence-corrected chi connectivity index (χ0v) is 6.68. The maximum atomic E-state index is 9.99. The molecule has 0 fully saturated rings. The van der Waals surface area contributed by atoms with Crippen LogP contribution in [-0.4, -0.2) is 9.91 Å². The molecule has 0 unspecified atom stereocenters. The predicted octanol–water partition coefficient (Wildman–Crippen LogP) is 0.528. The van der Waals surface area contributed by atoms with Crippen LogP contribution in [0.25, 0.3) is 0 Å². The molecule has 0 aliphatic rings. The van der Waals surface area contributed by atoms with Crippen molar-refractivity contribution >= 4 is 5.69 Å². The van der Waals surface area contributed by atoms with Crippen LogP contribution in [0.3, 0.4) is 0 Å². The van der Waals surface area contributed by atoms with Crippen LogP contribution in [0, 0.1) is 10.1 Å². The van der Waals surface area contributed by atoms with Crippen molar-refractivity contribution in [1.82, 2.24) is 4.98 Å². The highest BCUT2D eigenvalue weighted by atomic mass is 16.6. The fourth-order valence-electron chi connectivity index (χ4n) is 0.749. The van der Waals surface area contributed by atoms with Gasteiger partial charge in [-0.2, -0.15) is 0 Å². The highest BCUT2D eigenvalue weighted by Crippen LogP contribution is 2.03. The van der Waals surface area contributed by atoms with Crippen molar-refractivity contribution in [3.05, 3.63) is 46.7 Å². The predicted molar refractivity (Wildman–Crippen MR) is 47.1 cm³/mol. The van der Waals surface area contributed by atoms with E-state index in [0.717, 1.165) is 0 Å². The van der Waals surface area contributed by atoms with E-state index in [1.54, 1.807) is 18.3 Å². The molecule has 1 heterocycles. The second kappa shape index (κ2) is 4.05. The third-order valence-electron chi connectivity index (χ3n) is 1.19. The van der Waals surface area contributed by atoms with Crippen LogP contribution >= 0.6 is 0 Å². The molecule has 0 saturated heterocycles. The van der Waals surface area contributed by atoms with Crippen molar-refractivity contribution in [1.29, 1.82) is 0 Å². The van der Waals surface area contributed by atoms with Gasteiger partial charge >= 0.3 is 0 Å². The van der Waals surface area contributed by atoms with Crippen molar-refractivity contribution in [2.75, 3.05) is 5.32 Å². The Morgan fingerprint density at radius 3 is 3.08 bits per heavy atom. The smallest absolute Gasteiger partial charge is 0.274 e. The SMILES string of the molecule is N/C(=C\[N+](=O)[O-])Nc1cccnc1. The highest BCUT2D eigenvalue weighted by molar-refractivity contribution is 5.44. The van der Waals surface area contributed by atoms with E-state index in [1.807, 2.05) is 0 Å². The molecule has 0 radical (unpaired) electrons. The van der Waals surface area contributed by atoms with Gasteiger partial charge in [0.1, 0.15) is 0 Å². The first-order chi connectivity index (χ1) is 6.18. The molecule has 0 aromatic carbocycles. The quantitative estimate of drug-likeness (QED) is 0.522. The summed E-state index contributed by atoms with van der Waals surface area (Å²) in [6.45, 7) is 0. The summed E-state index contributed by atoms with van der Waals surface area (Å²) in [5.74, 6) is -0.0296. The maximum Gasteiger partial charge on any atom is 0.274 e. The van der Waals surface area contributed by atoms with Crippen molar-refractivity contribution in [2.45, 2.75) is 0 Å². The lowest BCUT2D eigenvalue weighted by molar-refractivity contribution is -0.403. The fourth-order valence-corrected chi connectivity index (χ4v) is 0.749. The molecule has 13 heavy (non-hydrogen) atoms. The third-order valence-corrected chi connectivity index (χ3v) is 1.19. The fraction of sp³-hybridized carbons (Fsp3) is 0. The molecule has 0 aliphatic carbocycles. The molecule has 0 spiro atoms. The van der Waals surface area contributed by atoms with Gasteiger partial charge in [0.05, 0.1) is 16.8 Å². The summed E-state index contributed by atoms with van der Waals surface area (Å²) >= 11 is 0. The Balaban J connectivity index is 2.65. The minimum absolute atomic E-state index is 0.0296. The van der Waals surface area contributed by atoms with Gasteiger partial charge in [-0.15, -0.1) is 0 Å². The van der Waals surface area contributed by atoms with Gasteiger partial charge in [0, 0.05) is 6.20 Å². The van der Waals surface area contributed by atoms with Crippen molar-refractivity contribution < 1.29 is 4.92 Å². The van der Waals surface area contributed by atoms with E-state index in [1.165, 1.54) is 6.20 Å². The van der Waals surface area contributed by atoms with Gasteiger partial charge in [0.2, 0.25) is 0 Å². The summed E-state index contributed by atoms with van der Waals surface area (Å²) in [5.41, 5.74) is 5.90. The number of rotatable bonds is 3. The zero-order chi connectivity index (χ0) is 9.68. The lowest BCUT2D eigenvalue weighted by atomic mass is 10.4. The summed E-state index contributed by atoms with van der Waals surface area (Å²) < 4.78 is 0. The van der Waals surface area contributed by atoms with E-state index < -0.39 is 4.92 Å². The molecule has 0 bridgehead atoms. The Hall–Kier alpha value is -2.11. The summed E-state index contributed by atoms with van der Waals surface area (Å²) in [4.78, 5) is 13.2. The van der Waals surface area contributed by atoms with E-state index >= 15 is 0 Å². The van der Waals surface area contributed by atoms with Crippen LogP contribution in [0.4, 0.5) is 5.69 Å². The molecule has 1 rings (SSSR count). The van der Waals surface area contributed by atoms with Crippen LogP contribution < -0.4 is 11.1 Å². The lowest BCUT2D eigenvalue weighted by Gasteiger charge is -2.01. The van der Waals surface area contributed by atoms with Gasteiger partial charge in [-0.3, -0.25) is 15.1 Å². The molecule has 0 saturated carbocycles. The summed E-state index contributed by atoms with van der Waals surface area (Å²) in [5, 5.41) is 12.6. The van der Waals surface area contributed by atoms with E-state index in [0.29, 0.717) is 11.9 Å². The second-order valence-corrected chi connectivity index (χ2v) is 2.24. The lowest BCUT2D eigenvalue weighted by Crippen LogP contribution is -2.10. The summed E-state index contributed by atoms with van der Waals surface area (Å²) in [7, 11) is 0. The van der Waals surface area contributed by atoms with Crippen molar-refractivity contribution in [3.63, 3.8) is 0 Å². The van der Waals surface area contributed by atoms with Gasteiger partial charge < -0.3 is 11.1 Å². The van der Waals surface area contributed by atoms with Crippen LogP contribution in [0.2, 0.25) is 0 Å². The number of nitrogens with one attached hydrogen (secondary N) is 1. The zero-order valence-electron chi connectivity index (χ0n) is 6.68. The van der Waals surface area contributed by atoms with Gasteiger partial charge in [-0.05, 0) is 12.1 Å². The first-order valence-corrected chi connectivity index (χ1v) is 3.46. The Kier molecular flexibility index (Phi) is 2.80. The standard InChI is InChI=1S/C7H8N4O2/c8-7(5-11(12)13)10-6-2-1-3-9-4-6/h1-5,10H,8H2/b7-5+. The van der Waals surface area contributed by atoms with E-state index in [-0.39, 0.29) is 5.82 Å². The summed E-state index contributed by atoms with van der Waals surface area (Å²) in [6, 6.07) is 3.40. The van der Waals surface area contributed by atoms with E-state index in [4.69, 9.17) is 5.73 Å². The first kappa shape index (κ1) is 8.98. The molecule has 1 aromatic rings. The number of nitro groups is 1. The monoisotopic (exact) mass is 180 g/mol. The van der Waals surface area contributed by atoms with Crippen molar-refractivity contribution in [2.24, 2.45) is 5.73 Å². The highest BCUT2D eigenvalue weighted by Gasteiger charge is 1.96. The van der Waals surface area contributed by atoms with Crippen LogP contribution in [-0.2, 0) is 0 Å². The number of pyridine rings is 1. The van der Waals surface area contributed by atoms with Crippen LogP contribution in [0.1, 0.15) is 0 Å². The number of nitrogens with two attached hydrogens (primary N) is 1. The van der Waals surface area contributed by atoms with Gasteiger partial charge in [-0.25, -0.2) is 0 Å². The molecule has 1 aromatic heterocycles. The minimum Gasteiger partial charge on any atom is -0.380 e. The number of anilines is 1. The Bertz CT molecular complexity index is 323. The number of aromatic nitrogens is 1. The molecule has 6 heteroatoms. The first-order valence-electron chi connectivity index (χ1n) is 3.46. The average molecular weight is 180 g/mol. The largest absolute Gasteiger partial charge is 0.380 e. The van der Waals surface area contributed by atoms with Gasteiger partial charge in [0.15, 0.2) is 5.82 Å². The van der Waals surface area contributed by atoms with Gasteiger partial charge in [-0.1, -0.05) is 0 Å². The molecule has 3 N–H and O–H groups in total. The molecular formula is C7H8N4O2. The Morgan fingerprint density at radius 1 is 1.77 bits per heavy atom. The van der Waals surface area contributed by atoms with E-state index in [9.17, 15) is 10.1 Å². The number of hydrogen-bond donors (Lipinski definition) is 2. The second-order valence-electron chi connectivity index (χ2n) is 2.24. The van der Waals surface area contributed by atoms with E-state index in [2.05, 4.69) is 10.3 Å². The molecule has 68 valence electrons. The number of nitrogens with zero attached hydrogens (tertiary/aromatic N) is 2. The molecule has 0 aliphatic heterocycles. The Morgan fingerprint density at radius 2 is 2.54 bits per heavy atom. The minimum atomic E-state index is -0.626. The molecule has 6 nitrogen and oxygen atoms in total.